The molecule has 0 aliphatic heterocycles. The van der Waals surface area contributed by atoms with Crippen molar-refractivity contribution in [1.82, 2.24) is 0 Å². The fourth-order valence-electron chi connectivity index (χ4n) is 2.59. The van der Waals surface area contributed by atoms with E-state index in [9.17, 15) is 21.6 Å². The van der Waals surface area contributed by atoms with Gasteiger partial charge >= 0.3 is 26.6 Å². The standard InChI is InChI=1S/C7H14O2.C7H12.2CH5NO3S/c1-5-7(2,3)6(8)9-4;1-2-7-4-3-6(1)5-7;2*1-5-6(2,3)4/h5H2,1-4H3;6-7H,1-5H2;2*1H3,(H2,2,3,4). The fraction of sp³-hybridized carbons (Fsp3) is 0.938. The molecule has 170 valence electrons. The highest BCUT2D eigenvalue weighted by atomic mass is 32.2. The molecule has 2 rings (SSSR count). The van der Waals surface area contributed by atoms with E-state index in [2.05, 4.69) is 23.4 Å². The minimum Gasteiger partial charge on any atom is -0.469 e. The molecule has 2 fully saturated rings. The number of esters is 1. The smallest absolute Gasteiger partial charge is 0.333 e. The molecule has 0 unspecified atom stereocenters. The van der Waals surface area contributed by atoms with Crippen LogP contribution >= 0.6 is 0 Å². The molecule has 28 heavy (non-hydrogen) atoms. The second-order valence-corrected chi connectivity index (χ2v) is 9.81. The first kappa shape index (κ1) is 29.4. The van der Waals surface area contributed by atoms with Gasteiger partial charge in [0.2, 0.25) is 0 Å². The monoisotopic (exact) mass is 448 g/mol. The van der Waals surface area contributed by atoms with Crippen LogP contribution in [-0.2, 0) is 38.5 Å². The summed E-state index contributed by atoms with van der Waals surface area (Å²) >= 11 is 0. The lowest BCUT2D eigenvalue weighted by Crippen LogP contribution is -2.24. The summed E-state index contributed by atoms with van der Waals surface area (Å²) in [6.07, 6.45) is 8.64. The van der Waals surface area contributed by atoms with Gasteiger partial charge in [0.15, 0.2) is 0 Å². The Kier molecular flexibility index (Phi) is 14.1. The molecule has 2 saturated carbocycles. The Morgan fingerprint density at radius 2 is 1.18 bits per heavy atom. The molecule has 2 bridgehead atoms. The Morgan fingerprint density at radius 1 is 0.893 bits per heavy atom. The van der Waals surface area contributed by atoms with Gasteiger partial charge in [-0.3, -0.25) is 13.2 Å². The van der Waals surface area contributed by atoms with Crippen LogP contribution in [0.2, 0.25) is 0 Å². The van der Waals surface area contributed by atoms with Crippen molar-refractivity contribution in [3.05, 3.63) is 0 Å². The lowest BCUT2D eigenvalue weighted by molar-refractivity contribution is -0.150. The molecule has 0 radical (unpaired) electrons. The molecular weight excluding hydrogens is 412 g/mol. The molecule has 4 N–H and O–H groups in total. The molecule has 2 aliphatic rings. The van der Waals surface area contributed by atoms with E-state index in [0.29, 0.717) is 0 Å². The Hall–Kier alpha value is -0.790. The summed E-state index contributed by atoms with van der Waals surface area (Å²) in [6, 6.07) is 0. The van der Waals surface area contributed by atoms with Crippen LogP contribution in [0.15, 0.2) is 0 Å². The van der Waals surface area contributed by atoms with Gasteiger partial charge < -0.3 is 4.74 Å². The number of rotatable bonds is 4. The molecule has 0 aromatic rings. The average Bonchev–Trinajstić information content (AvgIpc) is 3.27. The van der Waals surface area contributed by atoms with Gasteiger partial charge in [0.25, 0.3) is 0 Å². The first-order valence-corrected chi connectivity index (χ1v) is 11.8. The predicted molar refractivity (Wildman–Crippen MR) is 106 cm³/mol. The van der Waals surface area contributed by atoms with E-state index >= 15 is 0 Å². The second-order valence-electron chi connectivity index (χ2n) is 7.17. The van der Waals surface area contributed by atoms with E-state index in [4.69, 9.17) is 0 Å². The zero-order chi connectivity index (χ0) is 22.6. The van der Waals surface area contributed by atoms with E-state index in [1.807, 2.05) is 20.8 Å². The lowest BCUT2D eigenvalue weighted by atomic mass is 9.91. The van der Waals surface area contributed by atoms with Gasteiger partial charge in [-0.1, -0.05) is 32.6 Å². The maximum absolute atomic E-state index is 10.8. The Morgan fingerprint density at radius 3 is 1.25 bits per heavy atom. The third-order valence-electron chi connectivity index (χ3n) is 4.72. The quantitative estimate of drug-likeness (QED) is 0.610. The summed E-state index contributed by atoms with van der Waals surface area (Å²) in [5.41, 5.74) is -0.311. The van der Waals surface area contributed by atoms with Crippen LogP contribution in [0.3, 0.4) is 0 Å². The number of carbonyl (C=O) groups excluding carboxylic acids is 1. The summed E-state index contributed by atoms with van der Waals surface area (Å²) in [7, 11) is -3.92. The first-order chi connectivity index (χ1) is 12.6. The summed E-state index contributed by atoms with van der Waals surface area (Å²) in [4.78, 5) is 10.8. The first-order valence-electron chi connectivity index (χ1n) is 8.86. The maximum Gasteiger partial charge on any atom is 0.333 e. The summed E-state index contributed by atoms with van der Waals surface area (Å²) in [5.74, 6) is 2.21. The van der Waals surface area contributed by atoms with Crippen molar-refractivity contribution >= 4 is 26.6 Å². The number of methoxy groups -OCH3 is 1. The zero-order valence-corrected chi connectivity index (χ0v) is 19.3. The molecule has 2 aliphatic carbocycles. The van der Waals surface area contributed by atoms with Crippen LogP contribution in [-0.4, -0.2) is 44.1 Å². The average molecular weight is 449 g/mol. The number of carbonyl (C=O) groups is 1. The molecule has 0 aromatic heterocycles. The molecule has 0 heterocycles. The second kappa shape index (κ2) is 13.4. The third kappa shape index (κ3) is 16.2. The number of ether oxygens (including phenoxy) is 1. The van der Waals surface area contributed by atoms with Gasteiger partial charge in [-0.05, 0) is 38.5 Å². The van der Waals surface area contributed by atoms with E-state index in [0.717, 1.165) is 20.6 Å². The van der Waals surface area contributed by atoms with Crippen molar-refractivity contribution in [1.29, 1.82) is 0 Å². The minimum atomic E-state index is -3.66. The van der Waals surface area contributed by atoms with Crippen LogP contribution in [0.5, 0.6) is 0 Å². The van der Waals surface area contributed by atoms with Gasteiger partial charge in [-0.25, -0.2) is 10.3 Å². The molecule has 0 aromatic carbocycles. The van der Waals surface area contributed by atoms with Crippen molar-refractivity contribution in [2.24, 2.45) is 27.5 Å². The van der Waals surface area contributed by atoms with Crippen LogP contribution in [0.1, 0.15) is 59.3 Å². The van der Waals surface area contributed by atoms with Gasteiger partial charge in [0.05, 0.1) is 26.7 Å². The number of hydrogen-bond donors (Lipinski definition) is 2. The molecule has 0 atom stereocenters. The Labute approximate surface area is 169 Å². The van der Waals surface area contributed by atoms with Crippen LogP contribution in [0.4, 0.5) is 0 Å². The summed E-state index contributed by atoms with van der Waals surface area (Å²) < 4.78 is 50.2. The number of hydrogen-bond acceptors (Lipinski definition) is 8. The van der Waals surface area contributed by atoms with E-state index in [1.54, 1.807) is 32.1 Å². The molecule has 10 nitrogen and oxygen atoms in total. The Bertz CT molecular complexity index is 598. The predicted octanol–water partition coefficient (Wildman–Crippen LogP) is 1.46. The van der Waals surface area contributed by atoms with Crippen molar-refractivity contribution in [3.8, 4) is 0 Å². The van der Waals surface area contributed by atoms with Crippen molar-refractivity contribution < 1.29 is 34.7 Å². The van der Waals surface area contributed by atoms with Crippen molar-refractivity contribution in [2.75, 3.05) is 21.3 Å². The summed E-state index contributed by atoms with van der Waals surface area (Å²) in [5, 5.41) is 8.57. The normalized spacial score (nSPS) is 20.6. The van der Waals surface area contributed by atoms with Crippen molar-refractivity contribution in [3.63, 3.8) is 0 Å². The SMILES string of the molecule is C1CC2CCC1C2.CCC(C)(C)C(=O)OC.COS(N)(=O)=O.COS(N)(=O)=O. The fourth-order valence-corrected chi connectivity index (χ4v) is 2.59. The largest absolute Gasteiger partial charge is 0.469 e. The topological polar surface area (TPSA) is 165 Å². The zero-order valence-electron chi connectivity index (χ0n) is 17.6. The number of fused-ring (bicyclic) bond motifs is 2. The molecule has 0 spiro atoms. The van der Waals surface area contributed by atoms with Crippen LogP contribution < -0.4 is 10.3 Å². The van der Waals surface area contributed by atoms with Crippen LogP contribution in [0, 0.1) is 17.3 Å². The minimum absolute atomic E-state index is 0.134. The van der Waals surface area contributed by atoms with Gasteiger partial charge in [0, 0.05) is 0 Å². The molecular formula is C16H36N2O8S2. The third-order valence-corrected chi connectivity index (χ3v) is 5.65. The van der Waals surface area contributed by atoms with Crippen molar-refractivity contribution in [2.45, 2.75) is 59.3 Å². The molecule has 0 saturated heterocycles. The van der Waals surface area contributed by atoms with Gasteiger partial charge in [-0.15, -0.1) is 0 Å². The lowest BCUT2D eigenvalue weighted by Gasteiger charge is -2.17. The van der Waals surface area contributed by atoms with E-state index < -0.39 is 20.6 Å². The summed E-state index contributed by atoms with van der Waals surface area (Å²) in [6.45, 7) is 5.72. The van der Waals surface area contributed by atoms with Crippen LogP contribution in [0.25, 0.3) is 0 Å². The maximum atomic E-state index is 10.8. The van der Waals surface area contributed by atoms with E-state index in [1.165, 1.54) is 18.9 Å². The molecule has 0 amide bonds. The Balaban J connectivity index is 0. The van der Waals surface area contributed by atoms with Gasteiger partial charge in [-0.2, -0.15) is 16.8 Å². The number of nitrogens with two attached hydrogens (primary N) is 2. The highest BCUT2D eigenvalue weighted by Gasteiger charge is 2.30. The molecule has 12 heteroatoms. The van der Waals surface area contributed by atoms with E-state index in [-0.39, 0.29) is 11.4 Å². The highest BCUT2D eigenvalue weighted by molar-refractivity contribution is 7.84. The highest BCUT2D eigenvalue weighted by Crippen LogP contribution is 2.43. The van der Waals surface area contributed by atoms with Gasteiger partial charge in [0.1, 0.15) is 0 Å².